The first-order valence-corrected chi connectivity index (χ1v) is 10.6. The highest BCUT2D eigenvalue weighted by molar-refractivity contribution is 14.0. The minimum Gasteiger partial charge on any atom is -0.355 e. The number of nitrogens with one attached hydrogen (secondary N) is 1. The van der Waals surface area contributed by atoms with Crippen molar-refractivity contribution in [2.45, 2.75) is 32.1 Å². The molecule has 2 heterocycles. The van der Waals surface area contributed by atoms with E-state index in [1.807, 2.05) is 11.0 Å². The Hall–Kier alpha value is -1.42. The van der Waals surface area contributed by atoms with Crippen LogP contribution in [0.2, 0.25) is 0 Å². The number of amides is 1. The molecule has 2 aliphatic rings. The number of hydrogen-bond acceptors (Lipinski definition) is 3. The highest BCUT2D eigenvalue weighted by Crippen LogP contribution is 2.23. The molecule has 3 rings (SSSR count). The van der Waals surface area contributed by atoms with Crippen molar-refractivity contribution in [1.29, 1.82) is 0 Å². The average Bonchev–Trinajstić information content (AvgIpc) is 3.24. The van der Waals surface area contributed by atoms with Gasteiger partial charge in [-0.2, -0.15) is 0 Å². The molecule has 1 aromatic rings. The average molecular weight is 531 g/mol. The topological polar surface area (TPSA) is 51.2 Å². The van der Waals surface area contributed by atoms with Gasteiger partial charge in [0.15, 0.2) is 5.96 Å². The van der Waals surface area contributed by atoms with E-state index in [0.717, 1.165) is 63.6 Å². The molecule has 1 amide bonds. The van der Waals surface area contributed by atoms with Gasteiger partial charge in [-0.05, 0) is 30.5 Å². The summed E-state index contributed by atoms with van der Waals surface area (Å²) >= 11 is 0. The Morgan fingerprint density at radius 3 is 2.37 bits per heavy atom. The molecule has 0 spiro atoms. The largest absolute Gasteiger partial charge is 0.355 e. The summed E-state index contributed by atoms with van der Waals surface area (Å²) in [5, 5.41) is 3.46. The highest BCUT2D eigenvalue weighted by Gasteiger charge is 2.26. The molecule has 0 atom stereocenters. The van der Waals surface area contributed by atoms with Crippen molar-refractivity contribution in [2.75, 3.05) is 59.4 Å². The van der Waals surface area contributed by atoms with Gasteiger partial charge in [-0.1, -0.05) is 26.0 Å². The van der Waals surface area contributed by atoms with Crippen LogP contribution in [0.15, 0.2) is 29.3 Å². The number of guanidine groups is 1. The second-order valence-corrected chi connectivity index (χ2v) is 8.65. The van der Waals surface area contributed by atoms with Crippen LogP contribution in [0.1, 0.15) is 32.3 Å². The number of carbonyl (C=O) groups excluding carboxylic acids is 1. The van der Waals surface area contributed by atoms with Crippen LogP contribution in [0.5, 0.6) is 0 Å². The Morgan fingerprint density at radius 1 is 1.10 bits per heavy atom. The summed E-state index contributed by atoms with van der Waals surface area (Å²) in [4.78, 5) is 23.3. The summed E-state index contributed by atoms with van der Waals surface area (Å²) in [6, 6.07) is 6.79. The first kappa shape index (κ1) is 24.8. The van der Waals surface area contributed by atoms with Gasteiger partial charge in [-0.15, -0.1) is 24.0 Å². The zero-order valence-electron chi connectivity index (χ0n) is 18.4. The smallest absolute Gasteiger partial charge is 0.236 e. The third kappa shape index (κ3) is 6.54. The van der Waals surface area contributed by atoms with E-state index in [-0.39, 0.29) is 41.1 Å². The lowest BCUT2D eigenvalue weighted by Gasteiger charge is -2.37. The molecule has 2 aliphatic heterocycles. The van der Waals surface area contributed by atoms with E-state index < -0.39 is 0 Å². The summed E-state index contributed by atoms with van der Waals surface area (Å²) in [6.07, 6.45) is 2.26. The van der Waals surface area contributed by atoms with Gasteiger partial charge < -0.3 is 15.1 Å². The molecule has 0 aliphatic carbocycles. The molecule has 168 valence electrons. The number of aliphatic imine (C=N–C) groups is 1. The quantitative estimate of drug-likeness (QED) is 0.361. The highest BCUT2D eigenvalue weighted by atomic mass is 127. The molecule has 0 aromatic heterocycles. The van der Waals surface area contributed by atoms with Crippen molar-refractivity contribution in [2.24, 2.45) is 4.99 Å². The fraction of sp³-hybridized carbons (Fsp3) is 0.636. The fourth-order valence-electron chi connectivity index (χ4n) is 4.02. The van der Waals surface area contributed by atoms with Gasteiger partial charge in [0.25, 0.3) is 0 Å². The number of carbonyl (C=O) groups is 1. The third-order valence-corrected chi connectivity index (χ3v) is 6.00. The maximum absolute atomic E-state index is 13.6. The van der Waals surface area contributed by atoms with E-state index in [1.165, 1.54) is 6.07 Å². The van der Waals surface area contributed by atoms with E-state index in [1.54, 1.807) is 19.2 Å². The maximum Gasteiger partial charge on any atom is 0.236 e. The number of halogens is 2. The Morgan fingerprint density at radius 2 is 1.77 bits per heavy atom. The lowest BCUT2D eigenvalue weighted by Crippen LogP contribution is -2.55. The minimum atomic E-state index is -0.220. The van der Waals surface area contributed by atoms with E-state index in [4.69, 9.17) is 0 Å². The zero-order valence-corrected chi connectivity index (χ0v) is 20.7. The zero-order chi connectivity index (χ0) is 20.9. The Kier molecular flexibility index (Phi) is 9.33. The Bertz CT molecular complexity index is 728. The summed E-state index contributed by atoms with van der Waals surface area (Å²) < 4.78 is 13.6. The Labute approximate surface area is 196 Å². The number of nitrogens with zero attached hydrogens (tertiary/aromatic N) is 4. The van der Waals surface area contributed by atoms with Crippen LogP contribution in [0.25, 0.3) is 0 Å². The summed E-state index contributed by atoms with van der Waals surface area (Å²) in [6.45, 7) is 10.6. The molecule has 0 unspecified atom stereocenters. The minimum absolute atomic E-state index is 0. The van der Waals surface area contributed by atoms with Crippen molar-refractivity contribution in [3.8, 4) is 0 Å². The molecule has 2 fully saturated rings. The van der Waals surface area contributed by atoms with Crippen molar-refractivity contribution in [3.63, 3.8) is 0 Å². The second kappa shape index (κ2) is 11.3. The van der Waals surface area contributed by atoms with Crippen LogP contribution in [-0.4, -0.2) is 86.0 Å². The van der Waals surface area contributed by atoms with Crippen molar-refractivity contribution < 1.29 is 9.18 Å². The molecule has 2 saturated heterocycles. The van der Waals surface area contributed by atoms with Crippen LogP contribution < -0.4 is 5.32 Å². The van der Waals surface area contributed by atoms with E-state index in [9.17, 15) is 9.18 Å². The lowest BCUT2D eigenvalue weighted by atomic mass is 9.84. The summed E-state index contributed by atoms with van der Waals surface area (Å²) in [5.41, 5.74) is 0.743. The van der Waals surface area contributed by atoms with Gasteiger partial charge in [-0.25, -0.2) is 4.39 Å². The molecular formula is C22H35FIN5O. The van der Waals surface area contributed by atoms with Gasteiger partial charge in [0.2, 0.25) is 5.91 Å². The molecule has 1 N–H and O–H groups in total. The number of likely N-dealkylation sites (tertiary alicyclic amines) is 1. The molecule has 0 radical (unpaired) electrons. The number of hydrogen-bond donors (Lipinski definition) is 1. The van der Waals surface area contributed by atoms with Gasteiger partial charge in [-0.3, -0.25) is 14.7 Å². The molecule has 1 aromatic carbocycles. The second-order valence-electron chi connectivity index (χ2n) is 8.65. The normalized spacial score (nSPS) is 18.3. The maximum atomic E-state index is 13.6. The van der Waals surface area contributed by atoms with E-state index in [0.29, 0.717) is 13.1 Å². The van der Waals surface area contributed by atoms with Gasteiger partial charge >= 0.3 is 0 Å². The van der Waals surface area contributed by atoms with E-state index >= 15 is 0 Å². The van der Waals surface area contributed by atoms with Crippen molar-refractivity contribution >= 4 is 35.8 Å². The Balaban J connectivity index is 0.00000320. The monoisotopic (exact) mass is 531 g/mol. The first-order valence-electron chi connectivity index (χ1n) is 10.6. The van der Waals surface area contributed by atoms with E-state index in [2.05, 4.69) is 34.0 Å². The number of benzene rings is 1. The standard InChI is InChI=1S/C22H34FN5O.HI/c1-22(2,18-7-6-8-19(23)15-18)17-25-21(24-3)28-13-11-26(12-14-28)16-20(29)27-9-4-5-10-27;/h6-8,15H,4-5,9-14,16-17H2,1-3H3,(H,24,25);1H. The van der Waals surface area contributed by atoms with Crippen LogP contribution >= 0.6 is 24.0 Å². The van der Waals surface area contributed by atoms with Crippen LogP contribution in [0, 0.1) is 5.82 Å². The lowest BCUT2D eigenvalue weighted by molar-refractivity contribution is -0.131. The van der Waals surface area contributed by atoms with Gasteiger partial charge in [0, 0.05) is 58.3 Å². The SMILES string of the molecule is CN=C(NCC(C)(C)c1cccc(F)c1)N1CCN(CC(=O)N2CCCC2)CC1.I. The number of piperazine rings is 1. The summed E-state index contributed by atoms with van der Waals surface area (Å²) in [7, 11) is 1.79. The predicted octanol–water partition coefficient (Wildman–Crippen LogP) is 2.54. The van der Waals surface area contributed by atoms with Crippen LogP contribution in [0.3, 0.4) is 0 Å². The van der Waals surface area contributed by atoms with Crippen molar-refractivity contribution in [1.82, 2.24) is 20.0 Å². The molecular weight excluding hydrogens is 496 g/mol. The van der Waals surface area contributed by atoms with Crippen LogP contribution in [0.4, 0.5) is 4.39 Å². The third-order valence-electron chi connectivity index (χ3n) is 6.00. The molecule has 6 nitrogen and oxygen atoms in total. The summed E-state index contributed by atoms with van der Waals surface area (Å²) in [5.74, 6) is 0.912. The molecule has 8 heteroatoms. The van der Waals surface area contributed by atoms with Crippen molar-refractivity contribution in [3.05, 3.63) is 35.6 Å². The van der Waals surface area contributed by atoms with Gasteiger partial charge in [0.05, 0.1) is 6.54 Å². The first-order chi connectivity index (χ1) is 13.9. The fourth-order valence-corrected chi connectivity index (χ4v) is 4.02. The molecule has 0 saturated carbocycles. The predicted molar refractivity (Wildman–Crippen MR) is 130 cm³/mol. The molecule has 0 bridgehead atoms. The van der Waals surface area contributed by atoms with Gasteiger partial charge in [0.1, 0.15) is 5.82 Å². The number of rotatable bonds is 5. The van der Waals surface area contributed by atoms with Crippen LogP contribution in [-0.2, 0) is 10.2 Å². The molecule has 30 heavy (non-hydrogen) atoms.